The molecule has 1 aliphatic carbocycles. The number of hydrogen-bond acceptors (Lipinski definition) is 3. The maximum atomic E-state index is 12.8. The predicted octanol–water partition coefficient (Wildman–Crippen LogP) is 4.94. The molecule has 1 N–H and O–H groups in total. The van der Waals surface area contributed by atoms with Crippen molar-refractivity contribution in [2.75, 3.05) is 6.54 Å². The van der Waals surface area contributed by atoms with Gasteiger partial charge < -0.3 is 10.1 Å². The van der Waals surface area contributed by atoms with Crippen LogP contribution in [0.2, 0.25) is 0 Å². The van der Waals surface area contributed by atoms with Crippen molar-refractivity contribution in [3.63, 3.8) is 0 Å². The highest BCUT2D eigenvalue weighted by Crippen LogP contribution is 2.39. The molecule has 0 radical (unpaired) electrons. The Hall–Kier alpha value is -2.66. The van der Waals surface area contributed by atoms with E-state index in [0.717, 1.165) is 36.1 Å². The number of carbonyl (C=O) groups excluding carboxylic acids is 1. The lowest BCUT2D eigenvalue weighted by Crippen LogP contribution is -2.32. The Morgan fingerprint density at radius 3 is 2.86 bits per heavy atom. The number of nitrogens with one attached hydrogen (secondary N) is 1. The van der Waals surface area contributed by atoms with Gasteiger partial charge in [0, 0.05) is 36.4 Å². The largest absolute Gasteiger partial charge is 0.487 e. The highest BCUT2D eigenvalue weighted by Gasteiger charge is 2.31. The summed E-state index contributed by atoms with van der Waals surface area (Å²) in [6.07, 6.45) is 9.05. The number of nitrogens with zero attached hydrogens (tertiary/aromatic N) is 1. The lowest BCUT2D eigenvalue weighted by atomic mass is 10.00. The first kappa shape index (κ1) is 17.4. The summed E-state index contributed by atoms with van der Waals surface area (Å²) in [6, 6.07) is 12.4. The smallest absolute Gasteiger partial charge is 0.456 e. The maximum absolute atomic E-state index is 12.8. The first-order valence-corrected chi connectivity index (χ1v) is 11.2. The number of para-hydroxylation sites is 1. The number of aromatic nitrogens is 1. The van der Waals surface area contributed by atoms with Gasteiger partial charge in [0.15, 0.2) is 4.88 Å². The average Bonchev–Trinajstić information content (AvgIpc) is 3.36. The van der Waals surface area contributed by atoms with Crippen LogP contribution in [0.5, 0.6) is 5.75 Å². The first-order valence-electron chi connectivity index (χ1n) is 9.90. The van der Waals surface area contributed by atoms with Crippen LogP contribution in [-0.2, 0) is 19.3 Å². The molecule has 5 rings (SSSR count). The van der Waals surface area contributed by atoms with Gasteiger partial charge in [-0.05, 0) is 48.6 Å². The zero-order chi connectivity index (χ0) is 18.9. The van der Waals surface area contributed by atoms with Gasteiger partial charge in [-0.15, -0.1) is 0 Å². The number of hydrogen-bond donors (Lipinski definition) is 1. The van der Waals surface area contributed by atoms with E-state index < -0.39 is 0 Å². The quantitative estimate of drug-likeness (QED) is 0.641. The molecular weight excluding hydrogens is 368 g/mol. The summed E-state index contributed by atoms with van der Waals surface area (Å²) in [4.78, 5) is 18.2. The van der Waals surface area contributed by atoms with Crippen LogP contribution in [0.4, 0.5) is 4.79 Å². The summed E-state index contributed by atoms with van der Waals surface area (Å²) in [7, 11) is -0.386. The van der Waals surface area contributed by atoms with E-state index in [2.05, 4.69) is 39.9 Å². The van der Waals surface area contributed by atoms with Gasteiger partial charge in [0.1, 0.15) is 17.2 Å². The molecule has 2 unspecified atom stereocenters. The minimum atomic E-state index is -0.386. The van der Waals surface area contributed by atoms with Gasteiger partial charge in [-0.2, -0.15) is 0 Å². The minimum Gasteiger partial charge on any atom is -0.487 e. The molecule has 1 amide bonds. The van der Waals surface area contributed by atoms with Crippen molar-refractivity contribution < 1.29 is 9.53 Å². The third-order valence-electron chi connectivity index (χ3n) is 5.62. The molecule has 3 heterocycles. The van der Waals surface area contributed by atoms with E-state index in [4.69, 9.17) is 4.74 Å². The van der Waals surface area contributed by atoms with Gasteiger partial charge in [-0.3, -0.25) is 4.98 Å². The van der Waals surface area contributed by atoms with Crippen LogP contribution in [0.3, 0.4) is 0 Å². The molecule has 0 fully saturated rings. The summed E-state index contributed by atoms with van der Waals surface area (Å²) in [5.74, 6) is 0.938. The topological polar surface area (TPSA) is 51.2 Å². The van der Waals surface area contributed by atoms with Gasteiger partial charge in [0.05, 0.1) is 17.0 Å². The zero-order valence-electron chi connectivity index (χ0n) is 15.7. The highest BCUT2D eigenvalue weighted by molar-refractivity contribution is 7.50. The fraction of sp³-hybridized carbons (Fsp3) is 0.304. The molecule has 0 bridgehead atoms. The molecule has 5 heteroatoms. The molecule has 1 aliphatic heterocycles. The number of benzene rings is 1. The number of carbonyl (C=O) groups is 1. The Labute approximate surface area is 167 Å². The van der Waals surface area contributed by atoms with Crippen LogP contribution < -0.4 is 10.1 Å². The molecule has 1 aromatic carbocycles. The number of rotatable bonds is 4. The summed E-state index contributed by atoms with van der Waals surface area (Å²) < 4.78 is 6.25. The van der Waals surface area contributed by atoms with Gasteiger partial charge in [0.2, 0.25) is 0 Å². The lowest BCUT2D eigenvalue weighted by Gasteiger charge is -2.12. The van der Waals surface area contributed by atoms with E-state index >= 15 is 0 Å². The maximum Gasteiger partial charge on any atom is 0.456 e. The van der Waals surface area contributed by atoms with E-state index in [1.807, 2.05) is 12.1 Å². The first-order chi connectivity index (χ1) is 13.8. The lowest BCUT2D eigenvalue weighted by molar-refractivity contribution is 0.223. The normalized spacial score (nSPS) is 18.1. The molecule has 3 aromatic rings. The molecule has 0 saturated heterocycles. The van der Waals surface area contributed by atoms with Crippen LogP contribution >= 0.6 is 10.5 Å². The summed E-state index contributed by atoms with van der Waals surface area (Å²) in [6.45, 7) is 0.545. The van der Waals surface area contributed by atoms with Gasteiger partial charge in [0.25, 0.3) is 0 Å². The Morgan fingerprint density at radius 2 is 1.96 bits per heavy atom. The fourth-order valence-electron chi connectivity index (χ4n) is 4.22. The molecule has 2 aliphatic rings. The van der Waals surface area contributed by atoms with Crippen molar-refractivity contribution >= 4 is 15.7 Å². The number of ether oxygens (including phenoxy) is 1. The standard InChI is InChI=1S/C23H22N2O2S/c26-23(28-13-10-17-4-1-2-7-21(17)28)25-15-19-14-18-5-3-6-20(22(18)27-19)16-8-11-24-12-9-16/h3,5-6,8-13,19H,1-2,4,7,14-15H2/p+1. The molecule has 4 nitrogen and oxygen atoms in total. The average molecular weight is 392 g/mol. The van der Waals surface area contributed by atoms with E-state index in [9.17, 15) is 4.79 Å². The minimum absolute atomic E-state index is 0.0167. The Bertz CT molecular complexity index is 1010. The van der Waals surface area contributed by atoms with Gasteiger partial charge in [-0.1, -0.05) is 18.2 Å². The molecule has 2 aromatic heterocycles. The summed E-state index contributed by atoms with van der Waals surface area (Å²) >= 11 is 0. The SMILES string of the molecule is O=C(NCC1Cc2cccc(-c3ccncc3)c2O1)[s+]1ccc2c1CCCC2. The summed E-state index contributed by atoms with van der Waals surface area (Å²) in [5, 5.41) is 5.38. The molecule has 142 valence electrons. The second kappa shape index (κ2) is 7.40. The predicted molar refractivity (Wildman–Crippen MR) is 112 cm³/mol. The third-order valence-corrected chi connectivity index (χ3v) is 7.57. The van der Waals surface area contributed by atoms with Gasteiger partial charge >= 0.3 is 5.24 Å². The van der Waals surface area contributed by atoms with Crippen molar-refractivity contribution in [3.8, 4) is 16.9 Å². The number of pyridine rings is 1. The molecule has 0 spiro atoms. The van der Waals surface area contributed by atoms with Crippen LogP contribution in [-0.4, -0.2) is 22.9 Å². The van der Waals surface area contributed by atoms with E-state index in [0.29, 0.717) is 6.54 Å². The van der Waals surface area contributed by atoms with E-state index in [-0.39, 0.29) is 21.8 Å². The third kappa shape index (κ3) is 3.20. The number of aryl methyl sites for hydroxylation is 1. The molecular formula is C23H23N2O2S+. The van der Waals surface area contributed by atoms with Crippen molar-refractivity contribution in [2.45, 2.75) is 38.2 Å². The fourth-order valence-corrected chi connectivity index (χ4v) is 6.09. The van der Waals surface area contributed by atoms with Crippen LogP contribution in [0, 0.1) is 0 Å². The van der Waals surface area contributed by atoms with Crippen molar-refractivity contribution in [1.82, 2.24) is 10.3 Å². The Balaban J connectivity index is 1.28. The number of amides is 1. The van der Waals surface area contributed by atoms with Gasteiger partial charge in [-0.25, -0.2) is 4.79 Å². The van der Waals surface area contributed by atoms with Crippen molar-refractivity contribution in [2.24, 2.45) is 0 Å². The van der Waals surface area contributed by atoms with E-state index in [1.54, 1.807) is 12.4 Å². The monoisotopic (exact) mass is 391 g/mol. The summed E-state index contributed by atoms with van der Waals surface area (Å²) in [5.41, 5.74) is 4.79. The zero-order valence-corrected chi connectivity index (χ0v) is 16.5. The van der Waals surface area contributed by atoms with Crippen molar-refractivity contribution in [3.05, 3.63) is 70.2 Å². The Kier molecular flexibility index (Phi) is 4.61. The number of fused-ring (bicyclic) bond motifs is 2. The van der Waals surface area contributed by atoms with Crippen LogP contribution in [0.1, 0.15) is 28.8 Å². The van der Waals surface area contributed by atoms with Crippen LogP contribution in [0.15, 0.2) is 54.2 Å². The number of thiophene rings is 1. The van der Waals surface area contributed by atoms with Crippen molar-refractivity contribution in [1.29, 1.82) is 0 Å². The second-order valence-corrected chi connectivity index (χ2v) is 9.25. The second-order valence-electron chi connectivity index (χ2n) is 7.44. The molecule has 0 saturated carbocycles. The van der Waals surface area contributed by atoms with Crippen LogP contribution in [0.25, 0.3) is 11.1 Å². The highest BCUT2D eigenvalue weighted by atomic mass is 32.2. The molecule has 2 atom stereocenters. The van der Waals surface area contributed by atoms with E-state index in [1.165, 1.54) is 28.8 Å². The molecule has 28 heavy (non-hydrogen) atoms. The Morgan fingerprint density at radius 1 is 1.11 bits per heavy atom.